The van der Waals surface area contributed by atoms with Crippen molar-refractivity contribution >= 4 is 6.03 Å². The molecule has 0 bridgehead atoms. The van der Waals surface area contributed by atoms with E-state index in [0.29, 0.717) is 30.9 Å². The Labute approximate surface area is 181 Å². The maximum absolute atomic E-state index is 13.2. The van der Waals surface area contributed by atoms with E-state index in [4.69, 9.17) is 14.0 Å². The molecule has 164 valence electrons. The number of ether oxygens (including phenoxy) is 2. The summed E-state index contributed by atoms with van der Waals surface area (Å²) in [7, 11) is 0. The predicted molar refractivity (Wildman–Crippen MR) is 111 cm³/mol. The molecule has 6 rings (SSSR count). The van der Waals surface area contributed by atoms with Gasteiger partial charge in [-0.1, -0.05) is 24.1 Å². The van der Waals surface area contributed by atoms with E-state index in [1.165, 1.54) is 0 Å². The highest BCUT2D eigenvalue weighted by Crippen LogP contribution is 2.44. The maximum atomic E-state index is 13.2. The average Bonchev–Trinajstić information content (AvgIpc) is 3.72. The number of aromatic nitrogens is 2. The summed E-state index contributed by atoms with van der Waals surface area (Å²) in [5.74, 6) is 3.72. The molecule has 0 unspecified atom stereocenters. The first-order valence-corrected chi connectivity index (χ1v) is 11.5. The van der Waals surface area contributed by atoms with Crippen molar-refractivity contribution in [3.8, 4) is 11.5 Å². The van der Waals surface area contributed by atoms with Crippen LogP contribution in [0.25, 0.3) is 0 Å². The molecule has 2 N–H and O–H groups in total. The molecule has 4 aliphatic rings. The van der Waals surface area contributed by atoms with Crippen LogP contribution in [0, 0.1) is 5.92 Å². The first-order chi connectivity index (χ1) is 15.2. The van der Waals surface area contributed by atoms with Crippen molar-refractivity contribution in [2.45, 2.75) is 68.9 Å². The Balaban J connectivity index is 1.20. The average molecular weight is 425 g/mol. The lowest BCUT2D eigenvalue weighted by atomic mass is 9.96. The Morgan fingerprint density at radius 3 is 2.58 bits per heavy atom. The van der Waals surface area contributed by atoms with Gasteiger partial charge in [-0.15, -0.1) is 0 Å². The molecule has 2 heterocycles. The van der Waals surface area contributed by atoms with E-state index in [0.717, 1.165) is 74.3 Å². The summed E-state index contributed by atoms with van der Waals surface area (Å²) < 4.78 is 16.9. The van der Waals surface area contributed by atoms with Crippen LogP contribution in [0.4, 0.5) is 4.79 Å². The van der Waals surface area contributed by atoms with Gasteiger partial charge >= 0.3 is 6.03 Å². The highest BCUT2D eigenvalue weighted by atomic mass is 16.6. The number of fused-ring (bicyclic) bond motifs is 1. The Morgan fingerprint density at radius 2 is 1.84 bits per heavy atom. The van der Waals surface area contributed by atoms with Gasteiger partial charge in [0.05, 0.1) is 6.04 Å². The third-order valence-electron chi connectivity index (χ3n) is 6.91. The lowest BCUT2D eigenvalue weighted by molar-refractivity contribution is 0.171. The van der Waals surface area contributed by atoms with Crippen molar-refractivity contribution in [2.24, 2.45) is 5.92 Å². The van der Waals surface area contributed by atoms with Gasteiger partial charge in [-0.05, 0) is 62.1 Å². The second-order valence-corrected chi connectivity index (χ2v) is 9.34. The number of hydrogen-bond acceptors (Lipinski definition) is 6. The van der Waals surface area contributed by atoms with E-state index in [1.807, 2.05) is 18.2 Å². The molecule has 8 nitrogen and oxygen atoms in total. The minimum atomic E-state index is -0.540. The second kappa shape index (κ2) is 7.43. The zero-order valence-corrected chi connectivity index (χ0v) is 17.6. The highest BCUT2D eigenvalue weighted by Gasteiger charge is 2.43. The molecule has 0 radical (unpaired) electrons. The third kappa shape index (κ3) is 3.72. The molecule has 1 atom stereocenters. The van der Waals surface area contributed by atoms with Crippen LogP contribution in [0.15, 0.2) is 22.7 Å². The molecule has 3 fully saturated rings. The number of carbonyl (C=O) groups is 1. The zero-order chi connectivity index (χ0) is 20.8. The summed E-state index contributed by atoms with van der Waals surface area (Å²) in [4.78, 5) is 17.8. The molecule has 1 aromatic heterocycles. The fourth-order valence-corrected chi connectivity index (χ4v) is 4.86. The van der Waals surface area contributed by atoms with E-state index in [-0.39, 0.29) is 12.1 Å². The predicted octanol–water partition coefficient (Wildman–Crippen LogP) is 3.94. The molecule has 0 saturated heterocycles. The van der Waals surface area contributed by atoms with Gasteiger partial charge in [-0.25, -0.2) is 4.79 Å². The molecule has 1 aliphatic heterocycles. The van der Waals surface area contributed by atoms with Gasteiger partial charge in [0.25, 0.3) is 0 Å². The molecule has 3 aliphatic carbocycles. The number of amides is 2. The van der Waals surface area contributed by atoms with Crippen molar-refractivity contribution in [2.75, 3.05) is 13.2 Å². The third-order valence-corrected chi connectivity index (χ3v) is 6.91. The lowest BCUT2D eigenvalue weighted by Crippen LogP contribution is -2.50. The van der Waals surface area contributed by atoms with Crippen LogP contribution < -0.4 is 20.1 Å². The number of benzene rings is 1. The van der Waals surface area contributed by atoms with Gasteiger partial charge < -0.3 is 24.6 Å². The van der Waals surface area contributed by atoms with E-state index in [9.17, 15) is 4.79 Å². The topological polar surface area (TPSA) is 98.5 Å². The Morgan fingerprint density at radius 1 is 1.06 bits per heavy atom. The minimum absolute atomic E-state index is 0.0541. The monoisotopic (exact) mass is 424 g/mol. The van der Waals surface area contributed by atoms with Crippen molar-refractivity contribution in [1.29, 1.82) is 0 Å². The fourth-order valence-electron chi connectivity index (χ4n) is 4.86. The van der Waals surface area contributed by atoms with Gasteiger partial charge in [-0.2, -0.15) is 4.98 Å². The number of nitrogens with one attached hydrogen (secondary N) is 2. The molecule has 0 spiro atoms. The van der Waals surface area contributed by atoms with Crippen LogP contribution in [0.1, 0.15) is 80.6 Å². The summed E-state index contributed by atoms with van der Waals surface area (Å²) >= 11 is 0. The van der Waals surface area contributed by atoms with Crippen LogP contribution in [-0.2, 0) is 5.54 Å². The molecule has 8 heteroatoms. The molecule has 2 amide bonds. The standard InChI is InChI=1S/C23H28N4O4/c28-22(26-23(9-1-2-10-23)21-25-20(31-27-21)15-5-6-15)24-19(14-3-4-14)16-7-8-17-18(13-16)30-12-11-29-17/h7-8,13-15,19H,1-6,9-12H2,(H2,24,26,28)/t19-/m0/s1. The van der Waals surface area contributed by atoms with Crippen molar-refractivity contribution in [3.05, 3.63) is 35.5 Å². The van der Waals surface area contributed by atoms with Crippen molar-refractivity contribution in [3.63, 3.8) is 0 Å². The largest absolute Gasteiger partial charge is 0.486 e. The van der Waals surface area contributed by atoms with Crippen LogP contribution in [0.5, 0.6) is 11.5 Å². The van der Waals surface area contributed by atoms with Gasteiger partial charge in [-0.3, -0.25) is 0 Å². The molecular weight excluding hydrogens is 396 g/mol. The van der Waals surface area contributed by atoms with Crippen LogP contribution in [0.3, 0.4) is 0 Å². The van der Waals surface area contributed by atoms with E-state index in [2.05, 4.69) is 20.8 Å². The van der Waals surface area contributed by atoms with Crippen molar-refractivity contribution in [1.82, 2.24) is 20.8 Å². The molecule has 31 heavy (non-hydrogen) atoms. The highest BCUT2D eigenvalue weighted by molar-refractivity contribution is 5.75. The van der Waals surface area contributed by atoms with Gasteiger partial charge in [0.1, 0.15) is 18.8 Å². The smallest absolute Gasteiger partial charge is 0.316 e. The number of carbonyl (C=O) groups excluding carboxylic acids is 1. The SMILES string of the molecule is O=C(N[C@H](c1ccc2c(c1)OCCO2)C1CC1)NC1(c2noc(C3CC3)n2)CCCC1. The van der Waals surface area contributed by atoms with E-state index < -0.39 is 5.54 Å². The molecule has 3 saturated carbocycles. The maximum Gasteiger partial charge on any atom is 0.316 e. The summed E-state index contributed by atoms with van der Waals surface area (Å²) in [6.45, 7) is 1.12. The first-order valence-electron chi connectivity index (χ1n) is 11.5. The van der Waals surface area contributed by atoms with E-state index >= 15 is 0 Å². The van der Waals surface area contributed by atoms with Crippen LogP contribution >= 0.6 is 0 Å². The number of hydrogen-bond donors (Lipinski definition) is 2. The van der Waals surface area contributed by atoms with Crippen LogP contribution in [0.2, 0.25) is 0 Å². The Bertz CT molecular complexity index is 976. The van der Waals surface area contributed by atoms with Gasteiger partial charge in [0.2, 0.25) is 5.89 Å². The number of nitrogens with zero attached hydrogens (tertiary/aromatic N) is 2. The minimum Gasteiger partial charge on any atom is -0.486 e. The quantitative estimate of drug-likeness (QED) is 0.729. The normalized spacial score (nSPS) is 22.7. The first kappa shape index (κ1) is 19.0. The number of rotatable bonds is 6. The Kier molecular flexibility index (Phi) is 4.54. The van der Waals surface area contributed by atoms with Crippen molar-refractivity contribution < 1.29 is 18.8 Å². The summed E-state index contributed by atoms with van der Waals surface area (Å²) in [5, 5.41) is 10.7. The fraction of sp³-hybridized carbons (Fsp3) is 0.609. The number of urea groups is 1. The van der Waals surface area contributed by atoms with Gasteiger partial charge in [0.15, 0.2) is 17.3 Å². The summed E-state index contributed by atoms with van der Waals surface area (Å²) in [6, 6.07) is 5.75. The lowest BCUT2D eigenvalue weighted by Gasteiger charge is -2.29. The molecular formula is C23H28N4O4. The molecule has 1 aromatic carbocycles. The van der Waals surface area contributed by atoms with Gasteiger partial charge in [0, 0.05) is 5.92 Å². The van der Waals surface area contributed by atoms with Crippen LogP contribution in [-0.4, -0.2) is 29.4 Å². The molecule has 2 aromatic rings. The second-order valence-electron chi connectivity index (χ2n) is 9.34. The summed E-state index contributed by atoms with van der Waals surface area (Å²) in [6.07, 6.45) is 8.20. The Hall–Kier alpha value is -2.77. The zero-order valence-electron chi connectivity index (χ0n) is 17.6. The van der Waals surface area contributed by atoms with E-state index in [1.54, 1.807) is 0 Å². The summed E-state index contributed by atoms with van der Waals surface area (Å²) in [5.41, 5.74) is 0.514.